The SMILES string of the molecule is Cc1nc(NCCCOCCN)cc(=O)[nH]1. The molecule has 16 heavy (non-hydrogen) atoms. The topological polar surface area (TPSA) is 93.0 Å². The van der Waals surface area contributed by atoms with Crippen molar-refractivity contribution in [1.82, 2.24) is 9.97 Å². The molecule has 1 aromatic rings. The van der Waals surface area contributed by atoms with Gasteiger partial charge in [0.15, 0.2) is 0 Å². The van der Waals surface area contributed by atoms with Gasteiger partial charge in [0.05, 0.1) is 6.61 Å². The molecular weight excluding hydrogens is 208 g/mol. The summed E-state index contributed by atoms with van der Waals surface area (Å²) in [6.07, 6.45) is 0.855. The van der Waals surface area contributed by atoms with Crippen molar-refractivity contribution < 1.29 is 4.74 Å². The summed E-state index contributed by atoms with van der Waals surface area (Å²) < 4.78 is 5.21. The Hall–Kier alpha value is -1.40. The smallest absolute Gasteiger partial charge is 0.252 e. The van der Waals surface area contributed by atoms with Crippen LogP contribution in [0.2, 0.25) is 0 Å². The maximum Gasteiger partial charge on any atom is 0.252 e. The lowest BCUT2D eigenvalue weighted by atomic mass is 10.4. The Morgan fingerprint density at radius 2 is 2.38 bits per heavy atom. The van der Waals surface area contributed by atoms with Gasteiger partial charge in [-0.2, -0.15) is 0 Å². The second kappa shape index (κ2) is 6.97. The van der Waals surface area contributed by atoms with Crippen molar-refractivity contribution in [3.8, 4) is 0 Å². The van der Waals surface area contributed by atoms with E-state index < -0.39 is 0 Å². The normalized spacial score (nSPS) is 10.4. The van der Waals surface area contributed by atoms with Crippen molar-refractivity contribution in [2.24, 2.45) is 5.73 Å². The fourth-order valence-electron chi connectivity index (χ4n) is 1.25. The maximum absolute atomic E-state index is 11.1. The average Bonchev–Trinajstić information content (AvgIpc) is 2.22. The van der Waals surface area contributed by atoms with Gasteiger partial charge in [0.2, 0.25) is 0 Å². The molecule has 0 unspecified atom stereocenters. The lowest BCUT2D eigenvalue weighted by molar-refractivity contribution is 0.141. The van der Waals surface area contributed by atoms with Gasteiger partial charge in [-0.05, 0) is 13.3 Å². The molecule has 0 amide bonds. The Kier molecular flexibility index (Phi) is 5.52. The van der Waals surface area contributed by atoms with Crippen molar-refractivity contribution in [2.45, 2.75) is 13.3 Å². The highest BCUT2D eigenvalue weighted by Crippen LogP contribution is 1.97. The number of H-pyrrole nitrogens is 1. The van der Waals surface area contributed by atoms with Crippen LogP contribution in [0.15, 0.2) is 10.9 Å². The molecule has 1 rings (SSSR count). The molecular formula is C10H18N4O2. The summed E-state index contributed by atoms with van der Waals surface area (Å²) in [6.45, 7) is 4.26. The summed E-state index contributed by atoms with van der Waals surface area (Å²) in [5, 5.41) is 3.06. The summed E-state index contributed by atoms with van der Waals surface area (Å²) in [6, 6.07) is 1.44. The number of ether oxygens (including phenoxy) is 1. The monoisotopic (exact) mass is 226 g/mol. The van der Waals surface area contributed by atoms with Crippen molar-refractivity contribution in [1.29, 1.82) is 0 Å². The van der Waals surface area contributed by atoms with Crippen LogP contribution >= 0.6 is 0 Å². The first kappa shape index (κ1) is 12.7. The standard InChI is InChI=1S/C10H18N4O2/c1-8-13-9(7-10(15)14-8)12-4-2-5-16-6-3-11/h7H,2-6,11H2,1H3,(H2,12,13,14,15). The highest BCUT2D eigenvalue weighted by Gasteiger charge is 1.96. The van der Waals surface area contributed by atoms with E-state index in [1.165, 1.54) is 6.07 Å². The molecule has 0 saturated heterocycles. The third-order valence-corrected chi connectivity index (χ3v) is 1.89. The molecule has 90 valence electrons. The first-order valence-corrected chi connectivity index (χ1v) is 5.32. The highest BCUT2D eigenvalue weighted by atomic mass is 16.5. The number of aromatic nitrogens is 2. The van der Waals surface area contributed by atoms with E-state index in [4.69, 9.17) is 10.5 Å². The fraction of sp³-hybridized carbons (Fsp3) is 0.600. The highest BCUT2D eigenvalue weighted by molar-refractivity contribution is 5.32. The molecule has 1 heterocycles. The molecule has 0 aliphatic carbocycles. The van der Waals surface area contributed by atoms with E-state index in [0.29, 0.717) is 31.4 Å². The van der Waals surface area contributed by atoms with Gasteiger partial charge in [-0.15, -0.1) is 0 Å². The van der Waals surface area contributed by atoms with Crippen LogP contribution in [0.5, 0.6) is 0 Å². The van der Waals surface area contributed by atoms with Crippen molar-refractivity contribution >= 4 is 5.82 Å². The zero-order chi connectivity index (χ0) is 11.8. The number of nitrogens with zero attached hydrogens (tertiary/aromatic N) is 1. The molecule has 0 aliphatic heterocycles. The number of aromatic amines is 1. The minimum absolute atomic E-state index is 0.144. The molecule has 0 aliphatic rings. The molecule has 0 radical (unpaired) electrons. The maximum atomic E-state index is 11.1. The van der Waals surface area contributed by atoms with E-state index >= 15 is 0 Å². The molecule has 0 atom stereocenters. The zero-order valence-corrected chi connectivity index (χ0v) is 9.45. The predicted octanol–water partition coefficient (Wildman–Crippen LogP) is -0.144. The van der Waals surface area contributed by atoms with Gasteiger partial charge in [-0.1, -0.05) is 0 Å². The van der Waals surface area contributed by atoms with Crippen LogP contribution in [0, 0.1) is 6.92 Å². The van der Waals surface area contributed by atoms with Gasteiger partial charge in [0.1, 0.15) is 11.6 Å². The van der Waals surface area contributed by atoms with Gasteiger partial charge in [-0.3, -0.25) is 4.79 Å². The van der Waals surface area contributed by atoms with Crippen LogP contribution in [0.1, 0.15) is 12.2 Å². The molecule has 1 aromatic heterocycles. The van der Waals surface area contributed by atoms with Crippen LogP contribution in [0.4, 0.5) is 5.82 Å². The molecule has 0 saturated carbocycles. The van der Waals surface area contributed by atoms with Crippen LogP contribution in [0.25, 0.3) is 0 Å². The molecule has 6 nitrogen and oxygen atoms in total. The molecule has 6 heteroatoms. The summed E-state index contributed by atoms with van der Waals surface area (Å²) in [5.74, 6) is 1.20. The summed E-state index contributed by atoms with van der Waals surface area (Å²) in [7, 11) is 0. The number of hydrogen-bond donors (Lipinski definition) is 3. The van der Waals surface area contributed by atoms with Crippen molar-refractivity contribution in [2.75, 3.05) is 31.6 Å². The van der Waals surface area contributed by atoms with Gasteiger partial charge in [0, 0.05) is 25.8 Å². The van der Waals surface area contributed by atoms with Gasteiger partial charge >= 0.3 is 0 Å². The number of nitrogens with two attached hydrogens (primary N) is 1. The first-order chi connectivity index (χ1) is 7.72. The molecule has 4 N–H and O–H groups in total. The minimum atomic E-state index is -0.144. The molecule has 0 fully saturated rings. The Labute approximate surface area is 94.2 Å². The van der Waals surface area contributed by atoms with E-state index in [0.717, 1.165) is 13.0 Å². The van der Waals surface area contributed by atoms with Crippen LogP contribution in [-0.2, 0) is 4.74 Å². The van der Waals surface area contributed by atoms with Crippen LogP contribution in [0.3, 0.4) is 0 Å². The summed E-state index contributed by atoms with van der Waals surface area (Å²) >= 11 is 0. The second-order valence-electron chi connectivity index (χ2n) is 3.40. The number of anilines is 1. The summed E-state index contributed by atoms with van der Waals surface area (Å²) in [5.41, 5.74) is 5.13. The van der Waals surface area contributed by atoms with E-state index in [2.05, 4.69) is 15.3 Å². The quantitative estimate of drug-likeness (QED) is 0.562. The largest absolute Gasteiger partial charge is 0.380 e. The number of aryl methyl sites for hydroxylation is 1. The van der Waals surface area contributed by atoms with E-state index in [1.807, 2.05) is 0 Å². The third kappa shape index (κ3) is 4.90. The predicted molar refractivity (Wildman–Crippen MR) is 62.6 cm³/mol. The fourth-order valence-corrected chi connectivity index (χ4v) is 1.25. The molecule has 0 bridgehead atoms. The Morgan fingerprint density at radius 3 is 3.06 bits per heavy atom. The van der Waals surface area contributed by atoms with Crippen molar-refractivity contribution in [3.05, 3.63) is 22.2 Å². The Balaban J connectivity index is 2.24. The Bertz CT molecular complexity index is 364. The zero-order valence-electron chi connectivity index (χ0n) is 9.45. The van der Waals surface area contributed by atoms with Crippen LogP contribution in [-0.4, -0.2) is 36.3 Å². The lowest BCUT2D eigenvalue weighted by Gasteiger charge is -2.06. The third-order valence-electron chi connectivity index (χ3n) is 1.89. The minimum Gasteiger partial charge on any atom is -0.380 e. The van der Waals surface area contributed by atoms with E-state index in [9.17, 15) is 4.79 Å². The average molecular weight is 226 g/mol. The van der Waals surface area contributed by atoms with E-state index in [1.54, 1.807) is 6.92 Å². The second-order valence-corrected chi connectivity index (χ2v) is 3.40. The number of hydrogen-bond acceptors (Lipinski definition) is 5. The summed E-state index contributed by atoms with van der Waals surface area (Å²) in [4.78, 5) is 17.8. The van der Waals surface area contributed by atoms with Crippen LogP contribution < -0.4 is 16.6 Å². The van der Waals surface area contributed by atoms with Gasteiger partial charge in [-0.25, -0.2) is 4.98 Å². The van der Waals surface area contributed by atoms with E-state index in [-0.39, 0.29) is 5.56 Å². The van der Waals surface area contributed by atoms with Gasteiger partial charge in [0.25, 0.3) is 5.56 Å². The Morgan fingerprint density at radius 1 is 1.56 bits per heavy atom. The lowest BCUT2D eigenvalue weighted by Crippen LogP contribution is -2.14. The number of nitrogens with one attached hydrogen (secondary N) is 2. The molecule has 0 spiro atoms. The first-order valence-electron chi connectivity index (χ1n) is 5.32. The molecule has 0 aromatic carbocycles. The van der Waals surface area contributed by atoms with Crippen molar-refractivity contribution in [3.63, 3.8) is 0 Å². The van der Waals surface area contributed by atoms with Gasteiger partial charge < -0.3 is 20.8 Å². The number of rotatable bonds is 7.